The number of carbonyl (C=O) groups excluding carboxylic acids is 1. The van der Waals surface area contributed by atoms with Crippen molar-refractivity contribution >= 4 is 5.91 Å². The van der Waals surface area contributed by atoms with Gasteiger partial charge >= 0.3 is 0 Å². The van der Waals surface area contributed by atoms with Gasteiger partial charge in [-0.2, -0.15) is 0 Å². The van der Waals surface area contributed by atoms with Crippen molar-refractivity contribution < 1.29 is 14.6 Å². The zero-order valence-electron chi connectivity index (χ0n) is 17.0. The first kappa shape index (κ1) is 20.7. The molecule has 3 N–H and O–H groups in total. The highest BCUT2D eigenvalue weighted by Crippen LogP contribution is 2.32. The summed E-state index contributed by atoms with van der Waals surface area (Å²) in [5.74, 6) is 1.94. The summed E-state index contributed by atoms with van der Waals surface area (Å²) in [4.78, 5) is 14.5. The number of hydrogen-bond acceptors (Lipinski definition) is 4. The Kier molecular flexibility index (Phi) is 7.00. The summed E-state index contributed by atoms with van der Waals surface area (Å²) in [6, 6.07) is 7.84. The highest BCUT2D eigenvalue weighted by atomic mass is 16.5. The highest BCUT2D eigenvalue weighted by Gasteiger charge is 2.34. The minimum Gasteiger partial charge on any atom is -0.513 e. The van der Waals surface area contributed by atoms with E-state index in [1.54, 1.807) is 0 Å². The number of nitrogens with zero attached hydrogens (tertiary/aromatic N) is 1. The molecule has 0 saturated heterocycles. The molecule has 0 spiro atoms. The van der Waals surface area contributed by atoms with Crippen LogP contribution in [0, 0.1) is 11.8 Å². The van der Waals surface area contributed by atoms with Crippen LogP contribution in [0.4, 0.5) is 0 Å². The average Bonchev–Trinajstić information content (AvgIpc) is 2.65. The number of carbonyl (C=O) groups is 1. The first-order valence-electron chi connectivity index (χ1n) is 10.5. The first-order valence-corrected chi connectivity index (χ1v) is 10.5. The van der Waals surface area contributed by atoms with Gasteiger partial charge in [0.2, 0.25) is 5.91 Å². The van der Waals surface area contributed by atoms with Crippen LogP contribution >= 0.6 is 0 Å². The Bertz CT molecular complexity index is 661. The zero-order valence-corrected chi connectivity index (χ0v) is 17.0. The van der Waals surface area contributed by atoms with Gasteiger partial charge in [0.15, 0.2) is 0 Å². The lowest BCUT2D eigenvalue weighted by Crippen LogP contribution is -2.52. The van der Waals surface area contributed by atoms with E-state index in [2.05, 4.69) is 6.58 Å². The van der Waals surface area contributed by atoms with Crippen molar-refractivity contribution in [2.45, 2.75) is 63.5 Å². The molecular formula is C23H34N2O3. The molecule has 0 aromatic heterocycles. The number of aliphatic hydroxyl groups excluding tert-OH is 1. The lowest BCUT2D eigenvalue weighted by atomic mass is 9.78. The minimum absolute atomic E-state index is 0.120. The van der Waals surface area contributed by atoms with Gasteiger partial charge in [-0.1, -0.05) is 18.7 Å². The number of likely N-dealkylation sites (N-methyl/N-ethyl adjacent to an activating group) is 1. The molecule has 1 aromatic rings. The maximum atomic E-state index is 12.6. The van der Waals surface area contributed by atoms with Gasteiger partial charge in [0.25, 0.3) is 0 Å². The van der Waals surface area contributed by atoms with Gasteiger partial charge in [0.1, 0.15) is 5.75 Å². The van der Waals surface area contributed by atoms with E-state index in [1.165, 1.54) is 6.42 Å². The number of aliphatic hydroxyl groups is 1. The maximum Gasteiger partial charge on any atom is 0.239 e. The molecule has 0 bridgehead atoms. The van der Waals surface area contributed by atoms with Crippen molar-refractivity contribution in [1.82, 2.24) is 4.90 Å². The fraction of sp³-hybridized carbons (Fsp3) is 0.609. The van der Waals surface area contributed by atoms with E-state index in [1.807, 2.05) is 36.2 Å². The highest BCUT2D eigenvalue weighted by molar-refractivity contribution is 5.82. The largest absolute Gasteiger partial charge is 0.513 e. The first-order chi connectivity index (χ1) is 13.4. The molecule has 0 unspecified atom stereocenters. The van der Waals surface area contributed by atoms with E-state index in [9.17, 15) is 9.90 Å². The zero-order chi connectivity index (χ0) is 20.1. The van der Waals surface area contributed by atoms with Gasteiger partial charge in [0.05, 0.1) is 18.4 Å². The normalized spacial score (nSPS) is 23.5. The van der Waals surface area contributed by atoms with E-state index in [0.717, 1.165) is 49.8 Å². The Labute approximate surface area is 168 Å². The fourth-order valence-electron chi connectivity index (χ4n) is 4.26. The third kappa shape index (κ3) is 5.28. The number of allylic oxidation sites excluding steroid dienone is 1. The predicted molar refractivity (Wildman–Crippen MR) is 111 cm³/mol. The van der Waals surface area contributed by atoms with Crippen LogP contribution in [-0.2, 0) is 11.2 Å². The van der Waals surface area contributed by atoms with Crippen LogP contribution in [0.25, 0.3) is 0 Å². The van der Waals surface area contributed by atoms with Crippen LogP contribution in [0.2, 0.25) is 0 Å². The van der Waals surface area contributed by atoms with E-state index in [0.29, 0.717) is 25.0 Å². The van der Waals surface area contributed by atoms with Crippen molar-refractivity contribution in [3.8, 4) is 5.75 Å². The smallest absolute Gasteiger partial charge is 0.239 e. The van der Waals surface area contributed by atoms with Crippen molar-refractivity contribution in [2.24, 2.45) is 17.6 Å². The van der Waals surface area contributed by atoms with E-state index in [4.69, 9.17) is 10.5 Å². The molecule has 1 atom stereocenters. The number of rotatable bonds is 8. The van der Waals surface area contributed by atoms with Crippen LogP contribution in [0.5, 0.6) is 5.75 Å². The Hall–Kier alpha value is -2.01. The third-order valence-electron chi connectivity index (χ3n) is 6.47. The summed E-state index contributed by atoms with van der Waals surface area (Å²) in [5.41, 5.74) is 7.34. The lowest BCUT2D eigenvalue weighted by Gasteiger charge is -2.38. The van der Waals surface area contributed by atoms with Crippen LogP contribution < -0.4 is 10.5 Å². The summed E-state index contributed by atoms with van der Waals surface area (Å²) in [6.45, 7) is 4.21. The lowest BCUT2D eigenvalue weighted by molar-refractivity contribution is -0.136. The fourth-order valence-corrected chi connectivity index (χ4v) is 4.26. The second kappa shape index (κ2) is 9.46. The molecule has 2 fully saturated rings. The van der Waals surface area contributed by atoms with Gasteiger partial charge < -0.3 is 20.5 Å². The molecule has 154 valence electrons. The average molecular weight is 387 g/mol. The maximum absolute atomic E-state index is 12.6. The van der Waals surface area contributed by atoms with Crippen molar-refractivity contribution in [1.29, 1.82) is 0 Å². The summed E-state index contributed by atoms with van der Waals surface area (Å²) in [5, 5.41) is 9.26. The van der Waals surface area contributed by atoms with Gasteiger partial charge in [0, 0.05) is 19.5 Å². The van der Waals surface area contributed by atoms with Crippen LogP contribution in [0.15, 0.2) is 36.6 Å². The molecule has 0 radical (unpaired) electrons. The number of ether oxygens (including phenoxy) is 1. The molecule has 0 aliphatic heterocycles. The number of benzene rings is 1. The second-order valence-electron chi connectivity index (χ2n) is 8.54. The molecule has 28 heavy (non-hydrogen) atoms. The van der Waals surface area contributed by atoms with Crippen LogP contribution in [0.1, 0.15) is 50.5 Å². The second-order valence-corrected chi connectivity index (χ2v) is 8.54. The Morgan fingerprint density at radius 2 is 1.86 bits per heavy atom. The van der Waals surface area contributed by atoms with Gasteiger partial charge in [-0.05, 0) is 74.5 Å². The summed E-state index contributed by atoms with van der Waals surface area (Å²) in [6.07, 6.45) is 8.04. The SMILES string of the molecule is C=C(O)Cc1ccc(OCC2CCC([C@H](N)C(=O)N(C)C3CCC3)CC2)cc1. The van der Waals surface area contributed by atoms with Crippen LogP contribution in [-0.4, -0.2) is 41.7 Å². The van der Waals surface area contributed by atoms with Gasteiger partial charge in [-0.15, -0.1) is 0 Å². The molecule has 5 nitrogen and oxygen atoms in total. The summed E-state index contributed by atoms with van der Waals surface area (Å²) >= 11 is 0. The molecule has 2 saturated carbocycles. The Morgan fingerprint density at radius 3 is 2.39 bits per heavy atom. The molecular weight excluding hydrogens is 352 g/mol. The molecule has 5 heteroatoms. The Morgan fingerprint density at radius 1 is 1.21 bits per heavy atom. The number of hydrogen-bond donors (Lipinski definition) is 2. The third-order valence-corrected chi connectivity index (χ3v) is 6.47. The van der Waals surface area contributed by atoms with E-state index in [-0.39, 0.29) is 23.6 Å². The molecule has 0 heterocycles. The Balaban J connectivity index is 1.40. The molecule has 2 aliphatic rings. The van der Waals surface area contributed by atoms with Crippen molar-refractivity contribution in [3.63, 3.8) is 0 Å². The number of amides is 1. The molecule has 1 amide bonds. The molecule has 1 aromatic carbocycles. The van der Waals surface area contributed by atoms with Crippen molar-refractivity contribution in [3.05, 3.63) is 42.2 Å². The predicted octanol–water partition coefficient (Wildman–Crippen LogP) is 3.82. The molecule has 3 rings (SSSR count). The van der Waals surface area contributed by atoms with Crippen molar-refractivity contribution in [2.75, 3.05) is 13.7 Å². The monoisotopic (exact) mass is 386 g/mol. The summed E-state index contributed by atoms with van der Waals surface area (Å²) in [7, 11) is 1.91. The number of nitrogens with two attached hydrogens (primary N) is 1. The molecule has 2 aliphatic carbocycles. The van der Waals surface area contributed by atoms with Crippen LogP contribution in [0.3, 0.4) is 0 Å². The van der Waals surface area contributed by atoms with E-state index >= 15 is 0 Å². The topological polar surface area (TPSA) is 75.8 Å². The van der Waals surface area contributed by atoms with Gasteiger partial charge in [-0.3, -0.25) is 4.79 Å². The van der Waals surface area contributed by atoms with Gasteiger partial charge in [-0.25, -0.2) is 0 Å². The summed E-state index contributed by atoms with van der Waals surface area (Å²) < 4.78 is 5.95. The minimum atomic E-state index is -0.360. The quantitative estimate of drug-likeness (QED) is 0.666. The standard InChI is InChI=1S/C23H34N2O3/c1-16(26)14-17-8-12-21(13-9-17)28-15-18-6-10-19(11-7-18)22(24)23(27)25(2)20-4-3-5-20/h8-9,12-13,18-20,22,26H,1,3-7,10-11,14-15,24H2,2H3/t18?,19?,22-/m0/s1. The van der Waals surface area contributed by atoms with E-state index < -0.39 is 0 Å².